The van der Waals surface area contributed by atoms with Crippen LogP contribution < -0.4 is 5.43 Å². The van der Waals surface area contributed by atoms with Gasteiger partial charge in [0, 0.05) is 31.9 Å². The number of benzene rings is 1. The van der Waals surface area contributed by atoms with Crippen LogP contribution in [0.5, 0.6) is 0 Å². The molecule has 0 bridgehead atoms. The van der Waals surface area contributed by atoms with Gasteiger partial charge in [0.15, 0.2) is 0 Å². The molecule has 1 aromatic heterocycles. The summed E-state index contributed by atoms with van der Waals surface area (Å²) >= 11 is 0. The molecule has 1 aromatic carbocycles. The van der Waals surface area contributed by atoms with E-state index in [0.717, 1.165) is 31.3 Å². The highest BCUT2D eigenvalue weighted by Gasteiger charge is 2.30. The van der Waals surface area contributed by atoms with E-state index in [1.54, 1.807) is 0 Å². The molecule has 126 valence electrons. The minimum absolute atomic E-state index is 0.383. The van der Waals surface area contributed by atoms with Crippen molar-refractivity contribution < 1.29 is 0 Å². The summed E-state index contributed by atoms with van der Waals surface area (Å²) < 4.78 is 2.27. The van der Waals surface area contributed by atoms with E-state index in [0.29, 0.717) is 6.17 Å². The zero-order chi connectivity index (χ0) is 16.2. The van der Waals surface area contributed by atoms with Crippen LogP contribution in [0.2, 0.25) is 0 Å². The third kappa shape index (κ3) is 3.30. The van der Waals surface area contributed by atoms with E-state index in [4.69, 9.17) is 0 Å². The van der Waals surface area contributed by atoms with Crippen molar-refractivity contribution in [2.75, 3.05) is 6.54 Å². The molecule has 24 heavy (non-hydrogen) atoms. The molecule has 1 fully saturated rings. The second kappa shape index (κ2) is 7.07. The van der Waals surface area contributed by atoms with Crippen LogP contribution >= 0.6 is 0 Å². The van der Waals surface area contributed by atoms with E-state index in [2.05, 4.69) is 61.5 Å². The normalized spacial score (nSPS) is 20.7. The molecular weight excluding hydrogens is 298 g/mol. The lowest BCUT2D eigenvalue weighted by atomic mass is 10.0. The third-order valence-electron chi connectivity index (χ3n) is 5.22. The number of rotatable bonds is 6. The Morgan fingerprint density at radius 3 is 2.75 bits per heavy atom. The van der Waals surface area contributed by atoms with E-state index in [1.807, 2.05) is 12.5 Å². The van der Waals surface area contributed by atoms with Gasteiger partial charge in [-0.25, -0.2) is 4.98 Å². The van der Waals surface area contributed by atoms with Crippen molar-refractivity contribution in [1.29, 1.82) is 0 Å². The second-order valence-electron chi connectivity index (χ2n) is 6.80. The molecule has 4 rings (SSSR count). The maximum absolute atomic E-state index is 4.55. The molecule has 0 radical (unpaired) electrons. The predicted molar refractivity (Wildman–Crippen MR) is 95.6 cm³/mol. The highest BCUT2D eigenvalue weighted by atomic mass is 15.5. The average Bonchev–Trinajstić information content (AvgIpc) is 3.35. The van der Waals surface area contributed by atoms with Crippen molar-refractivity contribution >= 4 is 6.34 Å². The van der Waals surface area contributed by atoms with Gasteiger partial charge in [-0.05, 0) is 24.3 Å². The summed E-state index contributed by atoms with van der Waals surface area (Å²) in [6, 6.07) is 10.5. The number of hydrazone groups is 1. The van der Waals surface area contributed by atoms with Gasteiger partial charge in [-0.2, -0.15) is 5.10 Å². The van der Waals surface area contributed by atoms with Gasteiger partial charge in [-0.15, -0.1) is 0 Å². The summed E-state index contributed by atoms with van der Waals surface area (Å²) in [5, 5.41) is 4.31. The van der Waals surface area contributed by atoms with Crippen LogP contribution in [0.15, 0.2) is 47.8 Å². The average molecular weight is 323 g/mol. The Labute approximate surface area is 143 Å². The number of aromatic nitrogens is 2. The maximum Gasteiger partial charge on any atom is 0.119 e. The number of imidazole rings is 1. The fraction of sp³-hybridized carbons (Fsp3) is 0.474. The Morgan fingerprint density at radius 2 is 1.92 bits per heavy atom. The lowest BCUT2D eigenvalue weighted by molar-refractivity contribution is 0.212. The van der Waals surface area contributed by atoms with E-state index < -0.39 is 0 Å². The van der Waals surface area contributed by atoms with Crippen molar-refractivity contribution in [2.24, 2.45) is 11.0 Å². The molecule has 2 heterocycles. The molecule has 2 aromatic rings. The van der Waals surface area contributed by atoms with Crippen molar-refractivity contribution in [3.63, 3.8) is 0 Å². The van der Waals surface area contributed by atoms with Crippen LogP contribution in [0.3, 0.4) is 0 Å². The van der Waals surface area contributed by atoms with Crippen LogP contribution in [0.4, 0.5) is 0 Å². The van der Waals surface area contributed by atoms with Gasteiger partial charge in [-0.3, -0.25) is 5.43 Å². The summed E-state index contributed by atoms with van der Waals surface area (Å²) in [5.41, 5.74) is 4.61. The summed E-state index contributed by atoms with van der Waals surface area (Å²) in [6.45, 7) is 1.91. The summed E-state index contributed by atoms with van der Waals surface area (Å²) in [6.07, 6.45) is 12.6. The Morgan fingerprint density at radius 1 is 1.08 bits per heavy atom. The van der Waals surface area contributed by atoms with E-state index in [9.17, 15) is 0 Å². The molecule has 0 spiro atoms. The molecular formula is C19H25N5. The molecule has 1 aliphatic heterocycles. The summed E-state index contributed by atoms with van der Waals surface area (Å²) in [5.74, 6) is 1.86. The fourth-order valence-corrected chi connectivity index (χ4v) is 3.89. The third-order valence-corrected chi connectivity index (χ3v) is 5.22. The standard InChI is InChI=1S/C19H25N5/c1-2-6-16(7-3-1)14-18-20-10-11-23(18)12-13-24-15-21-22-19(24)17-8-4-5-9-17/h1-3,6-7,10-11,15,17,19,22H,4-5,8-9,12-14H2/t19-/m0/s1. The molecule has 5 heteroatoms. The first-order valence-corrected chi connectivity index (χ1v) is 8.98. The molecule has 1 atom stereocenters. The Kier molecular flexibility index (Phi) is 4.49. The SMILES string of the molecule is C1=NN[C@H](C2CCCC2)N1CCn1ccnc1Cc1ccccc1. The van der Waals surface area contributed by atoms with Gasteiger partial charge >= 0.3 is 0 Å². The van der Waals surface area contributed by atoms with Crippen molar-refractivity contribution in [1.82, 2.24) is 19.9 Å². The van der Waals surface area contributed by atoms with Gasteiger partial charge in [0.2, 0.25) is 0 Å². The van der Waals surface area contributed by atoms with Gasteiger partial charge < -0.3 is 9.47 Å². The summed E-state index contributed by atoms with van der Waals surface area (Å²) in [4.78, 5) is 6.91. The lowest BCUT2D eigenvalue weighted by Crippen LogP contribution is -2.43. The Balaban J connectivity index is 1.37. The first-order chi connectivity index (χ1) is 11.9. The topological polar surface area (TPSA) is 45.5 Å². The first kappa shape index (κ1) is 15.2. The smallest absolute Gasteiger partial charge is 0.119 e. The largest absolute Gasteiger partial charge is 0.338 e. The second-order valence-corrected chi connectivity index (χ2v) is 6.80. The summed E-state index contributed by atoms with van der Waals surface area (Å²) in [7, 11) is 0. The number of nitrogens with zero attached hydrogens (tertiary/aromatic N) is 4. The Hall–Kier alpha value is -2.30. The number of hydrogen-bond donors (Lipinski definition) is 1. The zero-order valence-electron chi connectivity index (χ0n) is 14.0. The van der Waals surface area contributed by atoms with Gasteiger partial charge in [0.05, 0.1) is 0 Å². The van der Waals surface area contributed by atoms with Crippen molar-refractivity contribution in [2.45, 2.75) is 44.8 Å². The molecule has 1 N–H and O–H groups in total. The monoisotopic (exact) mass is 323 g/mol. The first-order valence-electron chi connectivity index (χ1n) is 8.98. The lowest BCUT2D eigenvalue weighted by Gasteiger charge is -2.28. The quantitative estimate of drug-likeness (QED) is 0.889. The molecule has 5 nitrogen and oxygen atoms in total. The van der Waals surface area contributed by atoms with Crippen LogP contribution in [-0.2, 0) is 13.0 Å². The van der Waals surface area contributed by atoms with Crippen molar-refractivity contribution in [3.05, 3.63) is 54.1 Å². The van der Waals surface area contributed by atoms with Crippen LogP contribution in [-0.4, -0.2) is 33.5 Å². The van der Waals surface area contributed by atoms with Crippen LogP contribution in [0, 0.1) is 5.92 Å². The molecule has 1 saturated carbocycles. The molecule has 2 aliphatic rings. The van der Waals surface area contributed by atoms with Gasteiger partial charge in [0.1, 0.15) is 18.3 Å². The highest BCUT2D eigenvalue weighted by molar-refractivity contribution is 5.57. The zero-order valence-corrected chi connectivity index (χ0v) is 14.0. The van der Waals surface area contributed by atoms with Crippen LogP contribution in [0.25, 0.3) is 0 Å². The van der Waals surface area contributed by atoms with E-state index in [1.165, 1.54) is 31.2 Å². The maximum atomic E-state index is 4.55. The minimum atomic E-state index is 0.383. The highest BCUT2D eigenvalue weighted by Crippen LogP contribution is 2.30. The number of hydrogen-bond acceptors (Lipinski definition) is 4. The predicted octanol–water partition coefficient (Wildman–Crippen LogP) is 2.84. The van der Waals surface area contributed by atoms with Crippen LogP contribution in [0.1, 0.15) is 37.1 Å². The minimum Gasteiger partial charge on any atom is -0.338 e. The molecule has 0 unspecified atom stereocenters. The van der Waals surface area contributed by atoms with Crippen molar-refractivity contribution in [3.8, 4) is 0 Å². The number of nitrogens with one attached hydrogen (secondary N) is 1. The Bertz CT molecular complexity index is 672. The van der Waals surface area contributed by atoms with Gasteiger partial charge in [-0.1, -0.05) is 43.2 Å². The molecule has 0 amide bonds. The molecule has 1 aliphatic carbocycles. The van der Waals surface area contributed by atoms with Gasteiger partial charge in [0.25, 0.3) is 0 Å². The van der Waals surface area contributed by atoms with E-state index in [-0.39, 0.29) is 0 Å². The van der Waals surface area contributed by atoms with E-state index >= 15 is 0 Å². The fourth-order valence-electron chi connectivity index (χ4n) is 3.89. The molecule has 0 saturated heterocycles.